The van der Waals surface area contributed by atoms with Gasteiger partial charge in [0.15, 0.2) is 0 Å². The van der Waals surface area contributed by atoms with Crippen molar-refractivity contribution in [3.05, 3.63) is 12.2 Å². The van der Waals surface area contributed by atoms with E-state index in [-0.39, 0.29) is 24.3 Å². The zero-order chi connectivity index (χ0) is 13.8. The number of esters is 2. The number of hydrogen-bond donors (Lipinski definition) is 0. The lowest BCUT2D eigenvalue weighted by atomic mass is 10.4. The SMILES string of the molecule is C=C(C)C(=O)OCCN(C)C.CCOC(C)=O.Cl. The van der Waals surface area contributed by atoms with Gasteiger partial charge in [-0.15, -0.1) is 12.4 Å². The number of halogens is 1. The quantitative estimate of drug-likeness (QED) is 0.567. The molecule has 0 spiro atoms. The Morgan fingerprint density at radius 2 is 1.67 bits per heavy atom. The van der Waals surface area contributed by atoms with Gasteiger partial charge >= 0.3 is 11.9 Å². The van der Waals surface area contributed by atoms with Gasteiger partial charge in [0.1, 0.15) is 6.61 Å². The predicted octanol–water partition coefficient (Wildman–Crippen LogP) is 1.66. The van der Waals surface area contributed by atoms with Crippen molar-refractivity contribution in [3.63, 3.8) is 0 Å². The minimum absolute atomic E-state index is 0. The smallest absolute Gasteiger partial charge is 0.333 e. The highest BCUT2D eigenvalue weighted by molar-refractivity contribution is 5.86. The Bertz CT molecular complexity index is 254. The maximum atomic E-state index is 10.8. The molecule has 0 atom stereocenters. The maximum Gasteiger partial charge on any atom is 0.333 e. The van der Waals surface area contributed by atoms with Gasteiger partial charge in [-0.25, -0.2) is 4.79 Å². The molecule has 0 aromatic rings. The second-order valence-corrected chi connectivity index (χ2v) is 3.64. The van der Waals surface area contributed by atoms with Gasteiger partial charge in [-0.2, -0.15) is 0 Å². The van der Waals surface area contributed by atoms with Crippen molar-refractivity contribution in [3.8, 4) is 0 Å². The van der Waals surface area contributed by atoms with Crippen LogP contribution < -0.4 is 0 Å². The minimum atomic E-state index is -0.313. The molecule has 0 radical (unpaired) electrons. The summed E-state index contributed by atoms with van der Waals surface area (Å²) in [5, 5.41) is 0. The van der Waals surface area contributed by atoms with E-state index < -0.39 is 0 Å². The van der Waals surface area contributed by atoms with E-state index in [1.54, 1.807) is 13.8 Å². The molecule has 18 heavy (non-hydrogen) atoms. The number of hydrogen-bond acceptors (Lipinski definition) is 5. The lowest BCUT2D eigenvalue weighted by molar-refractivity contribution is -0.140. The van der Waals surface area contributed by atoms with Gasteiger partial charge in [-0.3, -0.25) is 4.79 Å². The number of carbonyl (C=O) groups excluding carboxylic acids is 2. The first-order valence-electron chi connectivity index (χ1n) is 5.42. The maximum absolute atomic E-state index is 10.8. The molecule has 0 heterocycles. The van der Waals surface area contributed by atoms with Crippen molar-refractivity contribution in [2.24, 2.45) is 0 Å². The van der Waals surface area contributed by atoms with E-state index in [0.717, 1.165) is 6.54 Å². The van der Waals surface area contributed by atoms with Gasteiger partial charge in [0.05, 0.1) is 6.61 Å². The molecule has 0 saturated carbocycles. The van der Waals surface area contributed by atoms with Crippen LogP contribution in [0.15, 0.2) is 12.2 Å². The van der Waals surface area contributed by atoms with Gasteiger partial charge in [0.25, 0.3) is 0 Å². The Morgan fingerprint density at radius 1 is 1.17 bits per heavy atom. The van der Waals surface area contributed by atoms with E-state index in [0.29, 0.717) is 18.8 Å². The first kappa shape index (κ1) is 22.1. The molecule has 5 nitrogen and oxygen atoms in total. The largest absolute Gasteiger partial charge is 0.466 e. The number of carbonyl (C=O) groups is 2. The average molecular weight is 282 g/mol. The Hall–Kier alpha value is -1.07. The van der Waals surface area contributed by atoms with Crippen LogP contribution in [0.2, 0.25) is 0 Å². The first-order valence-corrected chi connectivity index (χ1v) is 5.42. The van der Waals surface area contributed by atoms with Crippen LogP contribution in [-0.2, 0) is 19.1 Å². The van der Waals surface area contributed by atoms with Crippen LogP contribution in [0.1, 0.15) is 20.8 Å². The minimum Gasteiger partial charge on any atom is -0.466 e. The third kappa shape index (κ3) is 20.4. The van der Waals surface area contributed by atoms with Gasteiger partial charge in [-0.1, -0.05) is 6.58 Å². The highest BCUT2D eigenvalue weighted by Gasteiger charge is 2.01. The lowest BCUT2D eigenvalue weighted by Gasteiger charge is -2.09. The third-order valence-corrected chi connectivity index (χ3v) is 1.47. The molecular formula is C12H24ClNO4. The Labute approximate surface area is 116 Å². The first-order chi connectivity index (χ1) is 7.81. The third-order valence-electron chi connectivity index (χ3n) is 1.47. The predicted molar refractivity (Wildman–Crippen MR) is 73.9 cm³/mol. The van der Waals surface area contributed by atoms with Gasteiger partial charge in [0, 0.05) is 19.0 Å². The molecular weight excluding hydrogens is 258 g/mol. The lowest BCUT2D eigenvalue weighted by Crippen LogP contribution is -2.20. The van der Waals surface area contributed by atoms with Crippen molar-refractivity contribution in [1.82, 2.24) is 4.90 Å². The van der Waals surface area contributed by atoms with Crippen LogP contribution in [0.4, 0.5) is 0 Å². The molecule has 0 bridgehead atoms. The Balaban J connectivity index is -0.000000277. The molecule has 0 unspecified atom stereocenters. The topological polar surface area (TPSA) is 55.8 Å². The van der Waals surface area contributed by atoms with E-state index in [1.165, 1.54) is 6.92 Å². The summed E-state index contributed by atoms with van der Waals surface area (Å²) >= 11 is 0. The number of rotatable bonds is 5. The van der Waals surface area contributed by atoms with Crippen LogP contribution in [-0.4, -0.2) is 50.7 Å². The normalized spacial score (nSPS) is 8.56. The zero-order valence-corrected chi connectivity index (χ0v) is 12.6. The van der Waals surface area contributed by atoms with Crippen LogP contribution >= 0.6 is 12.4 Å². The number of nitrogens with zero attached hydrogens (tertiary/aromatic N) is 1. The Kier molecular flexibility index (Phi) is 17.2. The molecule has 0 N–H and O–H groups in total. The summed E-state index contributed by atoms with van der Waals surface area (Å²) in [5.74, 6) is -0.524. The summed E-state index contributed by atoms with van der Waals surface area (Å²) in [6.45, 7) is 9.93. The van der Waals surface area contributed by atoms with Crippen molar-refractivity contribution >= 4 is 24.3 Å². The Morgan fingerprint density at radius 3 is 1.89 bits per heavy atom. The summed E-state index contributed by atoms with van der Waals surface area (Å²) in [7, 11) is 3.85. The summed E-state index contributed by atoms with van der Waals surface area (Å²) < 4.78 is 9.24. The van der Waals surface area contributed by atoms with Crippen molar-refractivity contribution < 1.29 is 19.1 Å². The van der Waals surface area contributed by atoms with E-state index >= 15 is 0 Å². The van der Waals surface area contributed by atoms with Crippen LogP contribution in [0.25, 0.3) is 0 Å². The van der Waals surface area contributed by atoms with E-state index in [1.807, 2.05) is 19.0 Å². The molecule has 0 rings (SSSR count). The molecule has 6 heteroatoms. The molecule has 108 valence electrons. The van der Waals surface area contributed by atoms with Crippen LogP contribution in [0.5, 0.6) is 0 Å². The molecule has 0 aliphatic heterocycles. The zero-order valence-electron chi connectivity index (χ0n) is 11.8. The molecule has 0 aliphatic carbocycles. The van der Waals surface area contributed by atoms with Gasteiger partial charge in [0.2, 0.25) is 0 Å². The highest BCUT2D eigenvalue weighted by Crippen LogP contribution is 1.91. The average Bonchev–Trinajstić information content (AvgIpc) is 2.17. The second kappa shape index (κ2) is 14.0. The fraction of sp³-hybridized carbons (Fsp3) is 0.667. The number of ether oxygens (including phenoxy) is 2. The molecule has 0 fully saturated rings. The van der Waals surface area contributed by atoms with Crippen molar-refractivity contribution in [1.29, 1.82) is 0 Å². The fourth-order valence-corrected chi connectivity index (χ4v) is 0.647. The summed E-state index contributed by atoms with van der Waals surface area (Å²) in [4.78, 5) is 22.6. The molecule has 0 aromatic heterocycles. The monoisotopic (exact) mass is 281 g/mol. The van der Waals surface area contributed by atoms with Crippen molar-refractivity contribution in [2.75, 3.05) is 33.9 Å². The second-order valence-electron chi connectivity index (χ2n) is 3.64. The van der Waals surface area contributed by atoms with Crippen LogP contribution in [0, 0.1) is 0 Å². The van der Waals surface area contributed by atoms with Crippen LogP contribution in [0.3, 0.4) is 0 Å². The van der Waals surface area contributed by atoms with E-state index in [2.05, 4.69) is 11.3 Å². The summed E-state index contributed by atoms with van der Waals surface area (Å²) in [5.41, 5.74) is 0.448. The summed E-state index contributed by atoms with van der Waals surface area (Å²) in [6, 6.07) is 0. The van der Waals surface area contributed by atoms with E-state index in [4.69, 9.17) is 4.74 Å². The fourth-order valence-electron chi connectivity index (χ4n) is 0.647. The molecule has 0 aromatic carbocycles. The van der Waals surface area contributed by atoms with Gasteiger partial charge < -0.3 is 14.4 Å². The molecule has 0 saturated heterocycles. The molecule has 0 amide bonds. The standard InChI is InChI=1S/C8H15NO2.C4H8O2.ClH/c1-7(2)8(10)11-6-5-9(3)4;1-3-6-4(2)5;/h1,5-6H2,2-4H3;3H2,1-2H3;1H. The molecule has 0 aliphatic rings. The summed E-state index contributed by atoms with van der Waals surface area (Å²) in [6.07, 6.45) is 0. The van der Waals surface area contributed by atoms with Gasteiger partial charge in [-0.05, 0) is 27.9 Å². The highest BCUT2D eigenvalue weighted by atomic mass is 35.5. The van der Waals surface area contributed by atoms with E-state index in [9.17, 15) is 9.59 Å². The number of likely N-dealkylation sites (N-methyl/N-ethyl adjacent to an activating group) is 1. The van der Waals surface area contributed by atoms with Crippen molar-refractivity contribution in [2.45, 2.75) is 20.8 Å².